The van der Waals surface area contributed by atoms with Gasteiger partial charge in [-0.1, -0.05) is 17.7 Å². The smallest absolute Gasteiger partial charge is 0.331 e. The average molecular weight is 391 g/mol. The van der Waals surface area contributed by atoms with Crippen LogP contribution in [0.1, 0.15) is 15.9 Å². The fourth-order valence-corrected chi connectivity index (χ4v) is 2.28. The van der Waals surface area contributed by atoms with Crippen molar-refractivity contribution in [3.05, 3.63) is 70.5 Å². The number of ether oxygens (including phenoxy) is 1. The van der Waals surface area contributed by atoms with E-state index < -0.39 is 24.3 Å². The molecule has 0 aliphatic heterocycles. The molecule has 0 radical (unpaired) electrons. The molecule has 0 atom stereocenters. The Balaban J connectivity index is 1.85. The third kappa shape index (κ3) is 5.93. The molecule has 0 heterocycles. The predicted octanol–water partition coefficient (Wildman–Crippen LogP) is 3.03. The molecule has 0 saturated heterocycles. The van der Waals surface area contributed by atoms with E-state index in [-0.39, 0.29) is 16.5 Å². The van der Waals surface area contributed by atoms with Gasteiger partial charge in [0, 0.05) is 29.9 Å². The van der Waals surface area contributed by atoms with Crippen molar-refractivity contribution in [1.82, 2.24) is 5.32 Å². The molecule has 2 amide bonds. The van der Waals surface area contributed by atoms with E-state index in [0.29, 0.717) is 11.3 Å². The molecule has 2 aromatic rings. The number of carbonyl (C=O) groups is 3. The summed E-state index contributed by atoms with van der Waals surface area (Å²) in [6.07, 6.45) is 2.16. The zero-order chi connectivity index (χ0) is 19.8. The Labute approximate surface area is 160 Å². The molecule has 2 N–H and O–H groups in total. The van der Waals surface area contributed by atoms with Crippen LogP contribution >= 0.6 is 11.6 Å². The van der Waals surface area contributed by atoms with Gasteiger partial charge in [0.1, 0.15) is 5.82 Å². The van der Waals surface area contributed by atoms with Gasteiger partial charge in [0.15, 0.2) is 6.61 Å². The lowest BCUT2D eigenvalue weighted by Gasteiger charge is -2.06. The first-order valence-corrected chi connectivity index (χ1v) is 8.19. The van der Waals surface area contributed by atoms with Gasteiger partial charge in [-0.15, -0.1) is 0 Å². The van der Waals surface area contributed by atoms with Crippen LogP contribution in [0.4, 0.5) is 10.1 Å². The molecule has 0 aliphatic carbocycles. The molecule has 140 valence electrons. The van der Waals surface area contributed by atoms with Gasteiger partial charge in [-0.2, -0.15) is 0 Å². The third-order valence-corrected chi connectivity index (χ3v) is 3.72. The second-order valence-corrected chi connectivity index (χ2v) is 5.69. The van der Waals surface area contributed by atoms with Crippen LogP contribution in [0.25, 0.3) is 6.08 Å². The molecule has 0 fully saturated rings. The molecule has 0 spiro atoms. The molecular formula is C19H16ClFN2O4. The normalized spacial score (nSPS) is 10.5. The molecule has 2 aromatic carbocycles. The van der Waals surface area contributed by atoms with E-state index in [1.54, 1.807) is 24.3 Å². The minimum atomic E-state index is -0.820. The van der Waals surface area contributed by atoms with E-state index in [1.165, 1.54) is 31.3 Å². The monoisotopic (exact) mass is 390 g/mol. The van der Waals surface area contributed by atoms with Crippen molar-refractivity contribution in [3.8, 4) is 0 Å². The molecule has 0 aliphatic rings. The highest BCUT2D eigenvalue weighted by molar-refractivity contribution is 6.32. The number of esters is 1. The van der Waals surface area contributed by atoms with E-state index >= 15 is 0 Å². The van der Waals surface area contributed by atoms with E-state index in [2.05, 4.69) is 10.6 Å². The first-order valence-electron chi connectivity index (χ1n) is 7.81. The summed E-state index contributed by atoms with van der Waals surface area (Å²) in [4.78, 5) is 34.9. The number of amides is 2. The molecule has 0 unspecified atom stereocenters. The molecule has 0 bridgehead atoms. The van der Waals surface area contributed by atoms with Crippen molar-refractivity contribution < 1.29 is 23.5 Å². The Kier molecular flexibility index (Phi) is 7.08. The quantitative estimate of drug-likeness (QED) is 0.586. The number of rotatable bonds is 6. The molecule has 0 aromatic heterocycles. The summed E-state index contributed by atoms with van der Waals surface area (Å²) in [5, 5.41) is 5.15. The predicted molar refractivity (Wildman–Crippen MR) is 99.9 cm³/mol. The van der Waals surface area contributed by atoms with Gasteiger partial charge in [-0.05, 0) is 42.5 Å². The van der Waals surface area contributed by atoms with Crippen LogP contribution in [0.2, 0.25) is 5.02 Å². The van der Waals surface area contributed by atoms with Gasteiger partial charge in [-0.25, -0.2) is 9.18 Å². The van der Waals surface area contributed by atoms with Crippen LogP contribution in [0.5, 0.6) is 0 Å². The number of halogens is 2. The second kappa shape index (κ2) is 9.49. The summed E-state index contributed by atoms with van der Waals surface area (Å²) >= 11 is 5.84. The van der Waals surface area contributed by atoms with E-state index in [0.717, 1.165) is 6.08 Å². The van der Waals surface area contributed by atoms with Crippen molar-refractivity contribution in [3.63, 3.8) is 0 Å². The molecule has 2 rings (SSSR count). The van der Waals surface area contributed by atoms with Crippen molar-refractivity contribution in [2.24, 2.45) is 0 Å². The lowest BCUT2D eigenvalue weighted by Crippen LogP contribution is -2.20. The number of benzene rings is 2. The fraction of sp³-hybridized carbons (Fsp3) is 0.105. The largest absolute Gasteiger partial charge is 0.452 e. The SMILES string of the molecule is CNC(=O)c1ccc(NC(=O)COC(=O)/C=C/c2c(F)cccc2Cl)cc1. The van der Waals surface area contributed by atoms with Crippen LogP contribution in [-0.2, 0) is 14.3 Å². The van der Waals surface area contributed by atoms with Crippen LogP contribution in [0.3, 0.4) is 0 Å². The molecular weight excluding hydrogens is 375 g/mol. The van der Waals surface area contributed by atoms with Crippen molar-refractivity contribution in [1.29, 1.82) is 0 Å². The zero-order valence-electron chi connectivity index (χ0n) is 14.3. The Morgan fingerprint density at radius 2 is 1.85 bits per heavy atom. The van der Waals surface area contributed by atoms with E-state index in [4.69, 9.17) is 16.3 Å². The molecule has 0 saturated carbocycles. The van der Waals surface area contributed by atoms with Crippen LogP contribution in [0.15, 0.2) is 48.5 Å². The van der Waals surface area contributed by atoms with Gasteiger partial charge in [0.2, 0.25) is 0 Å². The summed E-state index contributed by atoms with van der Waals surface area (Å²) in [5.41, 5.74) is 0.938. The number of nitrogens with one attached hydrogen (secondary N) is 2. The minimum Gasteiger partial charge on any atom is -0.452 e. The highest BCUT2D eigenvalue weighted by Crippen LogP contribution is 2.20. The Bertz CT molecular complexity index is 862. The van der Waals surface area contributed by atoms with Gasteiger partial charge < -0.3 is 15.4 Å². The second-order valence-electron chi connectivity index (χ2n) is 5.28. The van der Waals surface area contributed by atoms with Gasteiger partial charge in [-0.3, -0.25) is 9.59 Å². The van der Waals surface area contributed by atoms with Crippen LogP contribution < -0.4 is 10.6 Å². The number of carbonyl (C=O) groups excluding carboxylic acids is 3. The Hall–Kier alpha value is -3.19. The fourth-order valence-electron chi connectivity index (χ4n) is 2.05. The number of anilines is 1. The maximum Gasteiger partial charge on any atom is 0.331 e. The topological polar surface area (TPSA) is 84.5 Å². The average Bonchev–Trinajstić information content (AvgIpc) is 2.66. The van der Waals surface area contributed by atoms with E-state index in [1.807, 2.05) is 0 Å². The molecule has 6 nitrogen and oxygen atoms in total. The van der Waals surface area contributed by atoms with Crippen molar-refractivity contribution in [2.75, 3.05) is 19.0 Å². The number of hydrogen-bond donors (Lipinski definition) is 2. The van der Waals surface area contributed by atoms with Gasteiger partial charge in [0.05, 0.1) is 5.02 Å². The molecule has 27 heavy (non-hydrogen) atoms. The summed E-state index contributed by atoms with van der Waals surface area (Å²) in [6, 6.07) is 10.3. The summed E-state index contributed by atoms with van der Waals surface area (Å²) < 4.78 is 18.4. The van der Waals surface area contributed by atoms with Crippen molar-refractivity contribution in [2.45, 2.75) is 0 Å². The summed E-state index contributed by atoms with van der Waals surface area (Å²) in [6.45, 7) is -0.522. The zero-order valence-corrected chi connectivity index (χ0v) is 15.0. The first kappa shape index (κ1) is 20.1. The molecule has 8 heteroatoms. The lowest BCUT2D eigenvalue weighted by atomic mass is 10.2. The standard InChI is InChI=1S/C19H16ClFN2O4/c1-22-19(26)12-5-7-13(8-6-12)23-17(24)11-27-18(25)10-9-14-15(20)3-2-4-16(14)21/h2-10H,11H2,1H3,(H,22,26)(H,23,24)/b10-9+. The Morgan fingerprint density at radius 3 is 2.48 bits per heavy atom. The van der Waals surface area contributed by atoms with Crippen molar-refractivity contribution >= 4 is 41.1 Å². The minimum absolute atomic E-state index is 0.0526. The maximum absolute atomic E-state index is 13.6. The lowest BCUT2D eigenvalue weighted by molar-refractivity contribution is -0.142. The highest BCUT2D eigenvalue weighted by Gasteiger charge is 2.08. The highest BCUT2D eigenvalue weighted by atomic mass is 35.5. The van der Waals surface area contributed by atoms with Gasteiger partial charge >= 0.3 is 5.97 Å². The Morgan fingerprint density at radius 1 is 1.15 bits per heavy atom. The van der Waals surface area contributed by atoms with Crippen LogP contribution in [-0.4, -0.2) is 31.4 Å². The third-order valence-electron chi connectivity index (χ3n) is 3.39. The first-order chi connectivity index (χ1) is 12.9. The maximum atomic E-state index is 13.6. The van der Waals surface area contributed by atoms with Crippen LogP contribution in [0, 0.1) is 5.82 Å². The number of hydrogen-bond acceptors (Lipinski definition) is 4. The van der Waals surface area contributed by atoms with E-state index in [9.17, 15) is 18.8 Å². The summed E-state index contributed by atoms with van der Waals surface area (Å²) in [7, 11) is 1.51. The summed E-state index contributed by atoms with van der Waals surface area (Å²) in [5.74, 6) is -2.21. The van der Waals surface area contributed by atoms with Gasteiger partial charge in [0.25, 0.3) is 11.8 Å².